The third-order valence-electron chi connectivity index (χ3n) is 2.80. The summed E-state index contributed by atoms with van der Waals surface area (Å²) >= 11 is 0. The second-order valence-electron chi connectivity index (χ2n) is 4.77. The molecule has 0 saturated carbocycles. The van der Waals surface area contributed by atoms with Gasteiger partial charge in [-0.25, -0.2) is 5.43 Å². The van der Waals surface area contributed by atoms with Gasteiger partial charge in [-0.05, 0) is 29.8 Å². The Labute approximate surface area is 141 Å². The monoisotopic (exact) mass is 346 g/mol. The van der Waals surface area contributed by atoms with Gasteiger partial charge in [0.1, 0.15) is 24.7 Å². The second-order valence-corrected chi connectivity index (χ2v) is 4.77. The summed E-state index contributed by atoms with van der Waals surface area (Å²) in [7, 11) is 0. The molecule has 2 rings (SSSR count). The molecule has 0 radical (unpaired) electrons. The number of hydrogen-bond acceptors (Lipinski definition) is 7. The Morgan fingerprint density at radius 1 is 1.40 bits per heavy atom. The van der Waals surface area contributed by atoms with Crippen LogP contribution in [0.5, 0.6) is 5.75 Å². The number of aromatic nitrogens is 2. The van der Waals surface area contributed by atoms with E-state index in [0.717, 1.165) is 17.1 Å². The number of nitrogens with zero attached hydrogens (tertiary/aromatic N) is 4. The maximum absolute atomic E-state index is 11.7. The highest BCUT2D eigenvalue weighted by Crippen LogP contribution is 2.10. The Balaban J connectivity index is 1.82. The maximum Gasteiger partial charge on any atom is 0.307 e. The number of hydrogen-bond donors (Lipinski definition) is 2. The molecule has 2 amide bonds. The molecule has 1 aromatic carbocycles. The van der Waals surface area contributed by atoms with Crippen LogP contribution in [0.15, 0.2) is 41.8 Å². The molecule has 0 atom stereocenters. The molecule has 2 aromatic rings. The molecule has 0 saturated heterocycles. The number of carbonyl (C=O) groups excluding carboxylic acids is 2. The minimum absolute atomic E-state index is 0.199. The third kappa shape index (κ3) is 5.74. The van der Waals surface area contributed by atoms with E-state index < -0.39 is 16.7 Å². The van der Waals surface area contributed by atoms with Gasteiger partial charge in [-0.2, -0.15) is 10.2 Å². The number of primary amides is 1. The lowest BCUT2D eigenvalue weighted by atomic mass is 10.2. The van der Waals surface area contributed by atoms with Gasteiger partial charge < -0.3 is 10.5 Å². The molecule has 11 heteroatoms. The molecule has 0 aliphatic carbocycles. The van der Waals surface area contributed by atoms with E-state index >= 15 is 0 Å². The zero-order valence-electron chi connectivity index (χ0n) is 12.9. The van der Waals surface area contributed by atoms with Gasteiger partial charge in [0.25, 0.3) is 11.8 Å². The maximum atomic E-state index is 11.7. The number of nitrogens with one attached hydrogen (secondary N) is 1. The Bertz CT molecular complexity index is 798. The molecular weight excluding hydrogens is 332 g/mol. The van der Waals surface area contributed by atoms with Gasteiger partial charge in [-0.1, -0.05) is 0 Å². The van der Waals surface area contributed by atoms with Crippen molar-refractivity contribution in [3.63, 3.8) is 0 Å². The topological polar surface area (TPSA) is 155 Å². The van der Waals surface area contributed by atoms with E-state index in [0.29, 0.717) is 11.3 Å². The van der Waals surface area contributed by atoms with Gasteiger partial charge in [-0.15, -0.1) is 0 Å². The zero-order chi connectivity index (χ0) is 18.2. The highest BCUT2D eigenvalue weighted by molar-refractivity contribution is 5.82. The van der Waals surface area contributed by atoms with Crippen molar-refractivity contribution in [3.8, 4) is 5.75 Å². The van der Waals surface area contributed by atoms with Crippen LogP contribution in [0.1, 0.15) is 5.56 Å². The SMILES string of the molecule is NC(=O)COc1ccc(/C=N/NC(=O)Cn2cc([N+](=O)[O-])cn2)cc1. The highest BCUT2D eigenvalue weighted by Gasteiger charge is 2.10. The fourth-order valence-electron chi connectivity index (χ4n) is 1.70. The van der Waals surface area contributed by atoms with Crippen LogP contribution >= 0.6 is 0 Å². The van der Waals surface area contributed by atoms with Crippen molar-refractivity contribution in [3.05, 3.63) is 52.3 Å². The van der Waals surface area contributed by atoms with Crippen LogP contribution in [-0.2, 0) is 16.1 Å². The van der Waals surface area contributed by atoms with Gasteiger partial charge >= 0.3 is 5.69 Å². The summed E-state index contributed by atoms with van der Waals surface area (Å²) in [5.41, 5.74) is 7.73. The highest BCUT2D eigenvalue weighted by atomic mass is 16.6. The molecule has 0 aliphatic heterocycles. The Hall–Kier alpha value is -3.76. The zero-order valence-corrected chi connectivity index (χ0v) is 12.9. The predicted molar refractivity (Wildman–Crippen MR) is 85.7 cm³/mol. The summed E-state index contributed by atoms with van der Waals surface area (Å²) in [6.45, 7) is -0.417. The molecular formula is C14H14N6O5. The first kappa shape index (κ1) is 17.6. The lowest BCUT2D eigenvalue weighted by Crippen LogP contribution is -2.23. The van der Waals surface area contributed by atoms with Crippen molar-refractivity contribution in [2.75, 3.05) is 6.61 Å². The van der Waals surface area contributed by atoms with Crippen LogP contribution in [0, 0.1) is 10.1 Å². The van der Waals surface area contributed by atoms with Crippen LogP contribution in [0.4, 0.5) is 5.69 Å². The molecule has 0 unspecified atom stereocenters. The Kier molecular flexibility index (Phi) is 5.77. The molecule has 130 valence electrons. The summed E-state index contributed by atoms with van der Waals surface area (Å²) in [5.74, 6) is -0.591. The summed E-state index contributed by atoms with van der Waals surface area (Å²) in [4.78, 5) is 32.2. The molecule has 0 fully saturated rings. The summed E-state index contributed by atoms with van der Waals surface area (Å²) in [6, 6.07) is 6.58. The van der Waals surface area contributed by atoms with Gasteiger partial charge in [0.05, 0.1) is 11.1 Å². The second kappa shape index (κ2) is 8.19. The quantitative estimate of drug-likeness (QED) is 0.383. The average molecular weight is 346 g/mol. The molecule has 0 spiro atoms. The van der Waals surface area contributed by atoms with Crippen LogP contribution in [0.3, 0.4) is 0 Å². The standard InChI is InChI=1S/C14H14N6O5/c15-13(21)9-25-12-3-1-10(2-4-12)5-16-18-14(22)8-19-7-11(6-17-19)20(23)24/h1-7H,8-9H2,(H2,15,21)(H,18,22)/b16-5+. The number of hydrazone groups is 1. The van der Waals surface area contributed by atoms with Gasteiger partial charge in [0.15, 0.2) is 6.61 Å². The molecule has 25 heavy (non-hydrogen) atoms. The molecule has 1 aromatic heterocycles. The van der Waals surface area contributed by atoms with Crippen LogP contribution in [0.25, 0.3) is 0 Å². The molecule has 11 nitrogen and oxygen atoms in total. The molecule has 1 heterocycles. The summed E-state index contributed by atoms with van der Waals surface area (Å²) in [6.07, 6.45) is 3.60. The van der Waals surface area contributed by atoms with E-state index in [1.165, 1.54) is 6.21 Å². The average Bonchev–Trinajstić information content (AvgIpc) is 3.03. The van der Waals surface area contributed by atoms with Crippen molar-refractivity contribution in [2.45, 2.75) is 6.54 Å². The van der Waals surface area contributed by atoms with E-state index in [2.05, 4.69) is 15.6 Å². The number of rotatable bonds is 8. The van der Waals surface area contributed by atoms with E-state index in [-0.39, 0.29) is 18.8 Å². The fraction of sp³-hybridized carbons (Fsp3) is 0.143. The predicted octanol–water partition coefficient (Wildman–Crippen LogP) is -0.194. The number of benzene rings is 1. The van der Waals surface area contributed by atoms with Crippen molar-refractivity contribution in [1.82, 2.24) is 15.2 Å². The lowest BCUT2D eigenvalue weighted by molar-refractivity contribution is -0.385. The molecule has 0 bridgehead atoms. The number of amides is 2. The van der Waals surface area contributed by atoms with Crippen molar-refractivity contribution < 1.29 is 19.2 Å². The fourth-order valence-corrected chi connectivity index (χ4v) is 1.70. The first-order chi connectivity index (χ1) is 11.9. The van der Waals surface area contributed by atoms with Gasteiger partial charge in [0, 0.05) is 0 Å². The first-order valence-electron chi connectivity index (χ1n) is 6.94. The van der Waals surface area contributed by atoms with Crippen LogP contribution in [0.2, 0.25) is 0 Å². The normalized spacial score (nSPS) is 10.6. The summed E-state index contributed by atoms with van der Waals surface area (Å²) in [5, 5.41) is 18.0. The van der Waals surface area contributed by atoms with Gasteiger partial charge in [0.2, 0.25) is 0 Å². The molecule has 0 aliphatic rings. The lowest BCUT2D eigenvalue weighted by Gasteiger charge is -2.03. The van der Waals surface area contributed by atoms with Crippen LogP contribution < -0.4 is 15.9 Å². The van der Waals surface area contributed by atoms with Gasteiger partial charge in [-0.3, -0.25) is 24.4 Å². The summed E-state index contributed by atoms with van der Waals surface area (Å²) < 4.78 is 6.24. The Morgan fingerprint density at radius 2 is 2.12 bits per heavy atom. The Morgan fingerprint density at radius 3 is 2.72 bits per heavy atom. The van der Waals surface area contributed by atoms with Crippen LogP contribution in [-0.4, -0.2) is 39.3 Å². The largest absolute Gasteiger partial charge is 0.484 e. The van der Waals surface area contributed by atoms with E-state index in [9.17, 15) is 19.7 Å². The number of ether oxygens (including phenoxy) is 1. The molecule has 3 N–H and O–H groups in total. The van der Waals surface area contributed by atoms with Crippen molar-refractivity contribution in [2.24, 2.45) is 10.8 Å². The van der Waals surface area contributed by atoms with E-state index in [1.807, 2.05) is 0 Å². The number of nitro groups is 1. The number of carbonyl (C=O) groups is 2. The van der Waals surface area contributed by atoms with E-state index in [4.69, 9.17) is 10.5 Å². The minimum atomic E-state index is -0.601. The minimum Gasteiger partial charge on any atom is -0.484 e. The third-order valence-corrected chi connectivity index (χ3v) is 2.80. The van der Waals surface area contributed by atoms with E-state index in [1.54, 1.807) is 24.3 Å². The van der Waals surface area contributed by atoms with Crippen molar-refractivity contribution >= 4 is 23.7 Å². The smallest absolute Gasteiger partial charge is 0.307 e. The van der Waals surface area contributed by atoms with Crippen molar-refractivity contribution in [1.29, 1.82) is 0 Å². The number of nitrogens with two attached hydrogens (primary N) is 1. The first-order valence-corrected chi connectivity index (χ1v) is 6.94.